The first kappa shape index (κ1) is 33.9. The highest BCUT2D eigenvalue weighted by molar-refractivity contribution is 6.10. The van der Waals surface area contributed by atoms with Gasteiger partial charge in [0.2, 0.25) is 0 Å². The summed E-state index contributed by atoms with van der Waals surface area (Å²) in [6, 6.07) is 81.9. The number of rotatable bonds is 7. The van der Waals surface area contributed by atoms with Crippen LogP contribution in [0.1, 0.15) is 23.6 Å². The molecule has 0 aliphatic heterocycles. The van der Waals surface area contributed by atoms with Crippen LogP contribution in [0.25, 0.3) is 77.2 Å². The smallest absolute Gasteiger partial charge is 0.0541 e. The largest absolute Gasteiger partial charge is 0.309 e. The molecular formula is C56H40N2. The van der Waals surface area contributed by atoms with Crippen molar-refractivity contribution in [1.82, 2.24) is 9.13 Å². The standard InChI is InChI=1S/C56H40N2/c1-56(43-13-3-2-4-14-43,44-31-23-39(24-32-44)41-27-35-46(36-28-41)57-52-19-9-5-15-48(52)49-16-6-10-20-53(49)57)45-33-25-40(26-34-45)42-29-37-47(38-30-42)58-54-21-11-7-17-50(54)51-18-8-12-22-55(51)58/h2-38H,1H3. The lowest BCUT2D eigenvalue weighted by Crippen LogP contribution is -2.25. The van der Waals surface area contributed by atoms with Crippen molar-refractivity contribution in [2.24, 2.45) is 0 Å². The van der Waals surface area contributed by atoms with Crippen molar-refractivity contribution in [3.8, 4) is 33.6 Å². The average Bonchev–Trinajstić information content (AvgIpc) is 3.82. The maximum Gasteiger partial charge on any atom is 0.0541 e. The van der Waals surface area contributed by atoms with Gasteiger partial charge in [-0.15, -0.1) is 0 Å². The van der Waals surface area contributed by atoms with E-state index >= 15 is 0 Å². The Labute approximate surface area is 338 Å². The molecule has 0 saturated carbocycles. The SMILES string of the molecule is CC(c1ccccc1)(c1ccc(-c2ccc(-n3c4ccccc4c4ccccc43)cc2)cc1)c1ccc(-c2ccc(-n3c4ccccc4c4ccccc43)cc2)cc1. The summed E-state index contributed by atoms with van der Waals surface area (Å²) in [6.45, 7) is 2.35. The summed E-state index contributed by atoms with van der Waals surface area (Å²) in [5.74, 6) is 0. The molecule has 0 radical (unpaired) electrons. The summed E-state index contributed by atoms with van der Waals surface area (Å²) in [5.41, 5.74) is 15.5. The molecule has 0 unspecified atom stereocenters. The van der Waals surface area contributed by atoms with Crippen LogP contribution in [0.15, 0.2) is 224 Å². The summed E-state index contributed by atoms with van der Waals surface area (Å²) in [4.78, 5) is 0. The number of benzene rings is 9. The van der Waals surface area contributed by atoms with Gasteiger partial charge in [0.15, 0.2) is 0 Å². The minimum Gasteiger partial charge on any atom is -0.309 e. The predicted octanol–water partition coefficient (Wildman–Crippen LogP) is 14.6. The lowest BCUT2D eigenvalue weighted by Gasteiger charge is -2.32. The van der Waals surface area contributed by atoms with E-state index in [-0.39, 0.29) is 5.41 Å². The van der Waals surface area contributed by atoms with Crippen molar-refractivity contribution in [2.75, 3.05) is 0 Å². The highest BCUT2D eigenvalue weighted by Crippen LogP contribution is 2.41. The summed E-state index contributed by atoms with van der Waals surface area (Å²) in [6.07, 6.45) is 0. The minimum absolute atomic E-state index is 0.348. The van der Waals surface area contributed by atoms with Gasteiger partial charge in [-0.2, -0.15) is 0 Å². The molecule has 0 bridgehead atoms. The maximum atomic E-state index is 2.37. The molecule has 0 N–H and O–H groups in total. The van der Waals surface area contributed by atoms with Crippen molar-refractivity contribution in [3.63, 3.8) is 0 Å². The van der Waals surface area contributed by atoms with E-state index in [0.717, 1.165) is 11.4 Å². The van der Waals surface area contributed by atoms with Crippen LogP contribution in [0, 0.1) is 0 Å². The minimum atomic E-state index is -0.348. The lowest BCUT2D eigenvalue weighted by molar-refractivity contribution is 0.693. The van der Waals surface area contributed by atoms with E-state index < -0.39 is 0 Å². The molecule has 0 amide bonds. The van der Waals surface area contributed by atoms with E-state index in [2.05, 4.69) is 241 Å². The van der Waals surface area contributed by atoms with Gasteiger partial charge in [0, 0.05) is 38.3 Å². The van der Waals surface area contributed by atoms with E-state index in [1.54, 1.807) is 0 Å². The molecule has 0 aliphatic rings. The van der Waals surface area contributed by atoms with E-state index in [0.29, 0.717) is 0 Å². The van der Waals surface area contributed by atoms with Gasteiger partial charge in [-0.25, -0.2) is 0 Å². The summed E-state index contributed by atoms with van der Waals surface area (Å²) in [7, 11) is 0. The highest BCUT2D eigenvalue weighted by Gasteiger charge is 2.31. The number of nitrogens with zero attached hydrogens (tertiary/aromatic N) is 2. The zero-order valence-corrected chi connectivity index (χ0v) is 32.3. The van der Waals surface area contributed by atoms with Crippen LogP contribution in [0.5, 0.6) is 0 Å². The first-order valence-corrected chi connectivity index (χ1v) is 20.1. The van der Waals surface area contributed by atoms with Gasteiger partial charge in [-0.05, 0) is 94.4 Å². The van der Waals surface area contributed by atoms with Crippen molar-refractivity contribution in [1.29, 1.82) is 0 Å². The van der Waals surface area contributed by atoms with Crippen LogP contribution >= 0.6 is 0 Å². The van der Waals surface area contributed by atoms with E-state index in [4.69, 9.17) is 0 Å². The number of aromatic nitrogens is 2. The number of hydrogen-bond donors (Lipinski definition) is 0. The van der Waals surface area contributed by atoms with Gasteiger partial charge in [0.25, 0.3) is 0 Å². The fourth-order valence-electron chi connectivity index (χ4n) is 9.27. The number of fused-ring (bicyclic) bond motifs is 6. The van der Waals surface area contributed by atoms with Gasteiger partial charge >= 0.3 is 0 Å². The van der Waals surface area contributed by atoms with Crippen LogP contribution in [0.3, 0.4) is 0 Å². The Morgan fingerprint density at radius 3 is 0.845 bits per heavy atom. The predicted molar refractivity (Wildman–Crippen MR) is 244 cm³/mol. The van der Waals surface area contributed by atoms with Gasteiger partial charge in [-0.1, -0.05) is 176 Å². The third-order valence-electron chi connectivity index (χ3n) is 12.4. The second kappa shape index (κ2) is 13.7. The summed E-state index contributed by atoms with van der Waals surface area (Å²) in [5, 5.41) is 5.11. The molecule has 11 rings (SSSR count). The molecular weight excluding hydrogens is 701 g/mol. The van der Waals surface area contributed by atoms with Crippen molar-refractivity contribution >= 4 is 43.6 Å². The Balaban J connectivity index is 0.900. The molecule has 0 atom stereocenters. The maximum absolute atomic E-state index is 2.37. The van der Waals surface area contributed by atoms with Crippen LogP contribution in [0.4, 0.5) is 0 Å². The molecule has 0 fully saturated rings. The number of para-hydroxylation sites is 4. The zero-order chi connectivity index (χ0) is 38.6. The molecule has 0 aliphatic carbocycles. The molecule has 274 valence electrons. The summed E-state index contributed by atoms with van der Waals surface area (Å²) < 4.78 is 4.74. The third kappa shape index (κ3) is 5.41. The van der Waals surface area contributed by atoms with Gasteiger partial charge in [0.1, 0.15) is 0 Å². The van der Waals surface area contributed by atoms with Crippen molar-refractivity contribution in [2.45, 2.75) is 12.3 Å². The third-order valence-corrected chi connectivity index (χ3v) is 12.4. The van der Waals surface area contributed by atoms with Gasteiger partial charge < -0.3 is 9.13 Å². The topological polar surface area (TPSA) is 9.86 Å². The van der Waals surface area contributed by atoms with Gasteiger partial charge in [0.05, 0.1) is 22.1 Å². The van der Waals surface area contributed by atoms with E-state index in [9.17, 15) is 0 Å². The molecule has 0 saturated heterocycles. The molecule has 2 aromatic heterocycles. The fraction of sp³-hybridized carbons (Fsp3) is 0.0357. The second-order valence-electron chi connectivity index (χ2n) is 15.5. The fourth-order valence-corrected chi connectivity index (χ4v) is 9.27. The summed E-state index contributed by atoms with van der Waals surface area (Å²) >= 11 is 0. The Bertz CT molecular complexity index is 2930. The molecule has 0 spiro atoms. The molecule has 11 aromatic rings. The Morgan fingerprint density at radius 2 is 0.517 bits per heavy atom. The van der Waals surface area contributed by atoms with Crippen molar-refractivity contribution in [3.05, 3.63) is 241 Å². The Hall–Kier alpha value is -7.42. The molecule has 2 heterocycles. The van der Waals surface area contributed by atoms with Crippen LogP contribution in [-0.2, 0) is 5.41 Å². The normalized spacial score (nSPS) is 11.9. The van der Waals surface area contributed by atoms with Crippen LogP contribution in [-0.4, -0.2) is 9.13 Å². The molecule has 2 nitrogen and oxygen atoms in total. The van der Waals surface area contributed by atoms with Gasteiger partial charge in [-0.3, -0.25) is 0 Å². The Morgan fingerprint density at radius 1 is 0.259 bits per heavy atom. The van der Waals surface area contributed by atoms with Crippen LogP contribution in [0.2, 0.25) is 0 Å². The lowest BCUT2D eigenvalue weighted by atomic mass is 9.70. The van der Waals surface area contributed by atoms with Crippen LogP contribution < -0.4 is 0 Å². The first-order valence-electron chi connectivity index (χ1n) is 20.1. The number of hydrogen-bond acceptors (Lipinski definition) is 0. The second-order valence-corrected chi connectivity index (χ2v) is 15.5. The molecule has 2 heteroatoms. The van der Waals surface area contributed by atoms with E-state index in [1.165, 1.54) is 82.6 Å². The molecule has 58 heavy (non-hydrogen) atoms. The molecule has 9 aromatic carbocycles. The first-order chi connectivity index (χ1) is 28.6. The quantitative estimate of drug-likeness (QED) is 0.144. The highest BCUT2D eigenvalue weighted by atomic mass is 15.0. The monoisotopic (exact) mass is 740 g/mol. The zero-order valence-electron chi connectivity index (χ0n) is 32.3. The Kier molecular flexibility index (Phi) is 7.97. The average molecular weight is 741 g/mol. The van der Waals surface area contributed by atoms with Crippen molar-refractivity contribution < 1.29 is 0 Å². The van der Waals surface area contributed by atoms with E-state index in [1.807, 2.05) is 0 Å².